The van der Waals surface area contributed by atoms with Crippen LogP contribution in [0, 0.1) is 5.92 Å². The third kappa shape index (κ3) is 0.988. The molecule has 0 aromatic carbocycles. The lowest BCUT2D eigenvalue weighted by Gasteiger charge is -2.05. The summed E-state index contributed by atoms with van der Waals surface area (Å²) in [5.41, 5.74) is 0. The summed E-state index contributed by atoms with van der Waals surface area (Å²) < 4.78 is 29.6. The molecule has 0 bridgehead atoms. The highest BCUT2D eigenvalue weighted by Crippen LogP contribution is 2.60. The smallest absolute Gasteiger partial charge is 0.270 e. The topological polar surface area (TPSA) is 89.4 Å². The summed E-state index contributed by atoms with van der Waals surface area (Å²) in [6.45, 7) is 0. The third-order valence-corrected chi connectivity index (χ3v) is 4.57. The molecular formula is C6H13NO3S. The van der Waals surface area contributed by atoms with E-state index in [0.29, 0.717) is 12.8 Å². The van der Waals surface area contributed by atoms with Crippen molar-refractivity contribution >= 4 is 10.1 Å². The molecule has 4 N–H and O–H groups in total. The van der Waals surface area contributed by atoms with Gasteiger partial charge in [0.1, 0.15) is 4.75 Å². The fourth-order valence-electron chi connectivity index (χ4n) is 2.12. The van der Waals surface area contributed by atoms with Crippen molar-refractivity contribution in [3.8, 4) is 0 Å². The van der Waals surface area contributed by atoms with E-state index in [0.717, 1.165) is 12.8 Å². The Morgan fingerprint density at radius 3 is 2.27 bits per heavy atom. The summed E-state index contributed by atoms with van der Waals surface area (Å²) in [5, 5.41) is 0. The summed E-state index contributed by atoms with van der Waals surface area (Å²) in [7, 11) is -3.73. The highest BCUT2D eigenvalue weighted by molar-refractivity contribution is 7.87. The van der Waals surface area contributed by atoms with Gasteiger partial charge in [-0.1, -0.05) is 6.42 Å². The lowest BCUT2D eigenvalue weighted by Crippen LogP contribution is -2.21. The van der Waals surface area contributed by atoms with Crippen LogP contribution in [0.25, 0.3) is 0 Å². The Labute approximate surface area is 66.3 Å². The minimum absolute atomic E-state index is 0. The zero-order chi connectivity index (χ0) is 7.41. The monoisotopic (exact) mass is 179 g/mol. The Kier molecular flexibility index (Phi) is 1.78. The molecule has 0 radical (unpaired) electrons. The van der Waals surface area contributed by atoms with Gasteiger partial charge in [0.15, 0.2) is 0 Å². The lowest BCUT2D eigenvalue weighted by molar-refractivity contribution is 0.460. The highest BCUT2D eigenvalue weighted by atomic mass is 32.2. The zero-order valence-electron chi connectivity index (χ0n) is 6.28. The largest absolute Gasteiger partial charge is 0.344 e. The van der Waals surface area contributed by atoms with E-state index >= 15 is 0 Å². The molecule has 0 saturated heterocycles. The molecular weight excluding hydrogens is 166 g/mol. The Bertz CT molecular complexity index is 261. The Morgan fingerprint density at radius 1 is 1.45 bits per heavy atom. The summed E-state index contributed by atoms with van der Waals surface area (Å²) in [6.07, 6.45) is 3.33. The first-order chi connectivity index (χ1) is 4.56. The second-order valence-corrected chi connectivity index (χ2v) is 5.10. The second-order valence-electron chi connectivity index (χ2n) is 3.33. The predicted molar refractivity (Wildman–Crippen MR) is 41.3 cm³/mol. The first-order valence-electron chi connectivity index (χ1n) is 3.53. The Hall–Kier alpha value is -0.130. The van der Waals surface area contributed by atoms with E-state index in [1.165, 1.54) is 0 Å². The first-order valence-corrected chi connectivity index (χ1v) is 4.97. The van der Waals surface area contributed by atoms with Crippen molar-refractivity contribution in [3.05, 3.63) is 0 Å². The standard InChI is InChI=1S/C6H10O3S.H3N/c7-10(8,9)6-3-1-2-5(6)4-6;/h5H,1-4H2,(H,7,8,9);1H3. The second kappa shape index (κ2) is 2.18. The number of hydrogen-bond donors (Lipinski definition) is 2. The quantitative estimate of drug-likeness (QED) is 0.587. The van der Waals surface area contributed by atoms with Crippen LogP contribution in [0.1, 0.15) is 25.7 Å². The maximum absolute atomic E-state index is 10.8. The van der Waals surface area contributed by atoms with E-state index in [2.05, 4.69) is 0 Å². The van der Waals surface area contributed by atoms with Gasteiger partial charge in [-0.3, -0.25) is 4.55 Å². The van der Waals surface area contributed by atoms with Crippen molar-refractivity contribution in [1.82, 2.24) is 6.15 Å². The van der Waals surface area contributed by atoms with Crippen LogP contribution in [0.2, 0.25) is 0 Å². The molecule has 0 heterocycles. The van der Waals surface area contributed by atoms with E-state index in [4.69, 9.17) is 4.55 Å². The Balaban J connectivity index is 0.000000605. The molecule has 2 rings (SSSR count). The van der Waals surface area contributed by atoms with Crippen molar-refractivity contribution in [2.75, 3.05) is 0 Å². The molecule has 0 amide bonds. The van der Waals surface area contributed by atoms with E-state index in [-0.39, 0.29) is 12.1 Å². The molecule has 0 aromatic heterocycles. The van der Waals surface area contributed by atoms with Gasteiger partial charge in [-0.15, -0.1) is 0 Å². The SMILES string of the molecule is N.O=S(=O)(O)C12CCCC1C2. The zero-order valence-corrected chi connectivity index (χ0v) is 7.10. The predicted octanol–water partition coefficient (Wildman–Crippen LogP) is 0.979. The van der Waals surface area contributed by atoms with Crippen molar-refractivity contribution in [1.29, 1.82) is 0 Å². The van der Waals surface area contributed by atoms with Crippen LogP contribution in [-0.2, 0) is 10.1 Å². The molecule has 5 heteroatoms. The molecule has 2 unspecified atom stereocenters. The summed E-state index contributed by atoms with van der Waals surface area (Å²) in [5.74, 6) is 0.280. The van der Waals surface area contributed by atoms with Crippen LogP contribution in [0.5, 0.6) is 0 Å². The third-order valence-electron chi connectivity index (χ3n) is 2.84. The van der Waals surface area contributed by atoms with Crippen LogP contribution >= 0.6 is 0 Å². The van der Waals surface area contributed by atoms with Crippen molar-refractivity contribution in [2.45, 2.75) is 30.4 Å². The molecule has 2 aliphatic rings. The minimum Gasteiger partial charge on any atom is -0.344 e. The van der Waals surface area contributed by atoms with Gasteiger partial charge in [0.25, 0.3) is 10.1 Å². The van der Waals surface area contributed by atoms with Gasteiger partial charge in [-0.2, -0.15) is 8.42 Å². The fraction of sp³-hybridized carbons (Fsp3) is 1.00. The van der Waals surface area contributed by atoms with Crippen molar-refractivity contribution < 1.29 is 13.0 Å². The van der Waals surface area contributed by atoms with Crippen LogP contribution < -0.4 is 6.15 Å². The van der Waals surface area contributed by atoms with E-state index in [1.54, 1.807) is 0 Å². The summed E-state index contributed by atoms with van der Waals surface area (Å²) in [6, 6.07) is 0. The van der Waals surface area contributed by atoms with Crippen LogP contribution in [0.15, 0.2) is 0 Å². The maximum atomic E-state index is 10.8. The minimum atomic E-state index is -3.73. The summed E-state index contributed by atoms with van der Waals surface area (Å²) in [4.78, 5) is 0. The molecule has 11 heavy (non-hydrogen) atoms. The normalized spacial score (nSPS) is 41.0. The fourth-order valence-corrected chi connectivity index (χ4v) is 3.48. The van der Waals surface area contributed by atoms with Crippen LogP contribution in [0.4, 0.5) is 0 Å². The van der Waals surface area contributed by atoms with E-state index in [9.17, 15) is 8.42 Å². The molecule has 0 aromatic rings. The first kappa shape index (κ1) is 8.96. The van der Waals surface area contributed by atoms with Crippen LogP contribution in [0.3, 0.4) is 0 Å². The average Bonchev–Trinajstić information content (AvgIpc) is 2.36. The molecule has 2 aliphatic carbocycles. The number of hydrogen-bond acceptors (Lipinski definition) is 3. The molecule has 2 atom stereocenters. The molecule has 2 saturated carbocycles. The summed E-state index contributed by atoms with van der Waals surface area (Å²) >= 11 is 0. The number of fused-ring (bicyclic) bond motifs is 1. The number of rotatable bonds is 1. The molecule has 0 aliphatic heterocycles. The molecule has 66 valence electrons. The van der Waals surface area contributed by atoms with Gasteiger partial charge in [0, 0.05) is 0 Å². The van der Waals surface area contributed by atoms with Gasteiger partial charge >= 0.3 is 0 Å². The molecule has 2 fully saturated rings. The average molecular weight is 179 g/mol. The molecule has 4 nitrogen and oxygen atoms in total. The Morgan fingerprint density at radius 2 is 2.09 bits per heavy atom. The van der Waals surface area contributed by atoms with E-state index < -0.39 is 14.9 Å². The maximum Gasteiger partial charge on any atom is 0.270 e. The van der Waals surface area contributed by atoms with Gasteiger partial charge in [0.05, 0.1) is 0 Å². The van der Waals surface area contributed by atoms with Gasteiger partial charge in [-0.05, 0) is 25.2 Å². The van der Waals surface area contributed by atoms with Crippen LogP contribution in [-0.4, -0.2) is 17.7 Å². The van der Waals surface area contributed by atoms with Gasteiger partial charge in [0.2, 0.25) is 0 Å². The lowest BCUT2D eigenvalue weighted by atomic mass is 10.3. The van der Waals surface area contributed by atoms with Crippen molar-refractivity contribution in [3.63, 3.8) is 0 Å². The van der Waals surface area contributed by atoms with E-state index in [1.807, 2.05) is 0 Å². The highest BCUT2D eigenvalue weighted by Gasteiger charge is 2.65. The van der Waals surface area contributed by atoms with Crippen molar-refractivity contribution in [2.24, 2.45) is 5.92 Å². The molecule has 0 spiro atoms. The van der Waals surface area contributed by atoms with Gasteiger partial charge in [-0.25, -0.2) is 0 Å². The van der Waals surface area contributed by atoms with Gasteiger partial charge < -0.3 is 6.15 Å².